The zero-order valence-corrected chi connectivity index (χ0v) is 11.9. The molecule has 2 aromatic rings. The van der Waals surface area contributed by atoms with Crippen molar-refractivity contribution in [3.63, 3.8) is 0 Å². The highest BCUT2D eigenvalue weighted by Gasteiger charge is 2.08. The van der Waals surface area contributed by atoms with Crippen LogP contribution in [0.25, 0.3) is 0 Å². The molecule has 0 saturated heterocycles. The van der Waals surface area contributed by atoms with E-state index in [-0.39, 0.29) is 5.02 Å². The van der Waals surface area contributed by atoms with Crippen molar-refractivity contribution in [3.8, 4) is 0 Å². The summed E-state index contributed by atoms with van der Waals surface area (Å²) in [6.07, 6.45) is 1.80. The summed E-state index contributed by atoms with van der Waals surface area (Å²) < 4.78 is 15.3. The van der Waals surface area contributed by atoms with Crippen LogP contribution in [0.1, 0.15) is 5.69 Å². The third-order valence-electron chi connectivity index (χ3n) is 2.85. The van der Waals surface area contributed by atoms with Crippen LogP contribution in [0.3, 0.4) is 0 Å². The first kappa shape index (κ1) is 13.7. The first-order valence-electron chi connectivity index (χ1n) is 5.86. The Bertz CT molecular complexity index is 580. The number of rotatable bonds is 4. The van der Waals surface area contributed by atoms with Gasteiger partial charge in [-0.25, -0.2) is 9.37 Å². The van der Waals surface area contributed by atoms with Crippen LogP contribution in [0.4, 0.5) is 16.0 Å². The lowest BCUT2D eigenvalue weighted by molar-refractivity contribution is 0.628. The van der Waals surface area contributed by atoms with Gasteiger partial charge in [0.05, 0.1) is 23.5 Å². The summed E-state index contributed by atoms with van der Waals surface area (Å²) in [5.41, 5.74) is 1.70. The average molecular weight is 283 g/mol. The van der Waals surface area contributed by atoms with Crippen molar-refractivity contribution in [2.75, 3.05) is 24.3 Å². The maximum absolute atomic E-state index is 13.3. The van der Waals surface area contributed by atoms with Gasteiger partial charge in [0.2, 0.25) is 5.95 Å². The van der Waals surface area contributed by atoms with Gasteiger partial charge in [-0.2, -0.15) is 0 Å². The van der Waals surface area contributed by atoms with Crippen molar-refractivity contribution in [1.29, 1.82) is 0 Å². The van der Waals surface area contributed by atoms with Crippen molar-refractivity contribution in [3.05, 3.63) is 40.9 Å². The van der Waals surface area contributed by atoms with Crippen LogP contribution in [0.2, 0.25) is 5.02 Å². The third kappa shape index (κ3) is 2.98. The van der Waals surface area contributed by atoms with E-state index in [0.717, 1.165) is 11.6 Å². The molecule has 102 valence electrons. The molecular formula is C13H16ClFN4. The Morgan fingerprint density at radius 1 is 1.42 bits per heavy atom. The SMILES string of the molecule is CN(C)c1ncc(CNc2ccc(Cl)c(F)c2)n1C. The van der Waals surface area contributed by atoms with Gasteiger partial charge in [-0.15, -0.1) is 0 Å². The predicted molar refractivity (Wildman–Crippen MR) is 76.3 cm³/mol. The Hall–Kier alpha value is -1.75. The Morgan fingerprint density at radius 2 is 2.16 bits per heavy atom. The molecule has 4 nitrogen and oxygen atoms in total. The van der Waals surface area contributed by atoms with Crippen molar-refractivity contribution in [2.24, 2.45) is 7.05 Å². The summed E-state index contributed by atoms with van der Waals surface area (Å²) in [4.78, 5) is 6.25. The van der Waals surface area contributed by atoms with E-state index in [9.17, 15) is 4.39 Å². The van der Waals surface area contributed by atoms with Crippen LogP contribution in [0, 0.1) is 5.82 Å². The molecule has 0 atom stereocenters. The first-order chi connectivity index (χ1) is 8.99. The van der Waals surface area contributed by atoms with E-state index in [1.54, 1.807) is 12.3 Å². The Balaban J connectivity index is 2.08. The standard InChI is InChI=1S/C13H16ClFN4/c1-18(2)13-17-8-10(19(13)3)7-16-9-4-5-11(14)12(15)6-9/h4-6,8,16H,7H2,1-3H3. The molecule has 19 heavy (non-hydrogen) atoms. The normalized spacial score (nSPS) is 10.6. The lowest BCUT2D eigenvalue weighted by Crippen LogP contribution is -2.15. The smallest absolute Gasteiger partial charge is 0.204 e. The highest BCUT2D eigenvalue weighted by molar-refractivity contribution is 6.30. The van der Waals surface area contributed by atoms with Crippen molar-refractivity contribution >= 4 is 23.2 Å². The second-order valence-corrected chi connectivity index (χ2v) is 4.89. The molecule has 0 radical (unpaired) electrons. The monoisotopic (exact) mass is 282 g/mol. The van der Waals surface area contributed by atoms with E-state index in [4.69, 9.17) is 11.6 Å². The lowest BCUT2D eigenvalue weighted by Gasteiger charge is -2.13. The summed E-state index contributed by atoms with van der Waals surface area (Å²) >= 11 is 5.64. The van der Waals surface area contributed by atoms with Gasteiger partial charge in [-0.05, 0) is 18.2 Å². The van der Waals surface area contributed by atoms with Gasteiger partial charge in [0.1, 0.15) is 5.82 Å². The Labute approximate surface area is 116 Å². The minimum Gasteiger partial charge on any atom is -0.379 e. The molecule has 0 spiro atoms. The van der Waals surface area contributed by atoms with Crippen LogP contribution in [0.5, 0.6) is 0 Å². The van der Waals surface area contributed by atoms with Crippen molar-refractivity contribution < 1.29 is 4.39 Å². The molecule has 0 aliphatic carbocycles. The number of benzene rings is 1. The number of nitrogens with zero attached hydrogens (tertiary/aromatic N) is 3. The largest absolute Gasteiger partial charge is 0.379 e. The molecule has 1 N–H and O–H groups in total. The Kier molecular flexibility index (Phi) is 3.95. The first-order valence-corrected chi connectivity index (χ1v) is 6.23. The molecular weight excluding hydrogens is 267 g/mol. The molecule has 0 aliphatic heterocycles. The van der Waals surface area contributed by atoms with E-state index in [1.807, 2.05) is 30.6 Å². The van der Waals surface area contributed by atoms with Crippen LogP contribution < -0.4 is 10.2 Å². The molecule has 1 aromatic heterocycles. The fourth-order valence-electron chi connectivity index (χ4n) is 1.81. The summed E-state index contributed by atoms with van der Waals surface area (Å²) in [7, 11) is 5.82. The quantitative estimate of drug-likeness (QED) is 0.936. The summed E-state index contributed by atoms with van der Waals surface area (Å²) in [5, 5.41) is 3.27. The average Bonchev–Trinajstić information content (AvgIpc) is 2.72. The second kappa shape index (κ2) is 5.48. The lowest BCUT2D eigenvalue weighted by atomic mass is 10.3. The van der Waals surface area contributed by atoms with Gasteiger partial charge >= 0.3 is 0 Å². The van der Waals surface area contributed by atoms with E-state index in [2.05, 4.69) is 10.3 Å². The minimum atomic E-state index is -0.425. The summed E-state index contributed by atoms with van der Waals surface area (Å²) in [6, 6.07) is 4.66. The third-order valence-corrected chi connectivity index (χ3v) is 3.16. The molecule has 0 fully saturated rings. The van der Waals surface area contributed by atoms with Gasteiger partial charge in [0, 0.05) is 26.8 Å². The highest BCUT2D eigenvalue weighted by atomic mass is 35.5. The van der Waals surface area contributed by atoms with E-state index >= 15 is 0 Å². The van der Waals surface area contributed by atoms with E-state index in [0.29, 0.717) is 12.2 Å². The van der Waals surface area contributed by atoms with E-state index < -0.39 is 5.82 Å². The number of imidazole rings is 1. The van der Waals surface area contributed by atoms with Gasteiger partial charge in [0.25, 0.3) is 0 Å². The molecule has 0 bridgehead atoms. The fraction of sp³-hybridized carbons (Fsp3) is 0.308. The number of hydrogen-bond donors (Lipinski definition) is 1. The highest BCUT2D eigenvalue weighted by Crippen LogP contribution is 2.19. The van der Waals surface area contributed by atoms with Gasteiger partial charge in [-0.3, -0.25) is 0 Å². The van der Waals surface area contributed by atoms with E-state index in [1.165, 1.54) is 12.1 Å². The van der Waals surface area contributed by atoms with Gasteiger partial charge < -0.3 is 14.8 Å². The number of anilines is 2. The molecule has 1 heterocycles. The molecule has 2 rings (SSSR count). The van der Waals surface area contributed by atoms with Crippen LogP contribution in [0.15, 0.2) is 24.4 Å². The van der Waals surface area contributed by atoms with Crippen molar-refractivity contribution in [2.45, 2.75) is 6.54 Å². The van der Waals surface area contributed by atoms with Gasteiger partial charge in [0.15, 0.2) is 0 Å². The second-order valence-electron chi connectivity index (χ2n) is 4.49. The minimum absolute atomic E-state index is 0.126. The molecule has 0 aliphatic rings. The summed E-state index contributed by atoms with van der Waals surface area (Å²) in [5.74, 6) is 0.449. The van der Waals surface area contributed by atoms with Crippen LogP contribution >= 0.6 is 11.6 Å². The predicted octanol–water partition coefficient (Wildman–Crippen LogP) is 2.89. The number of aromatic nitrogens is 2. The zero-order valence-electron chi connectivity index (χ0n) is 11.1. The fourth-order valence-corrected chi connectivity index (χ4v) is 1.93. The van der Waals surface area contributed by atoms with Gasteiger partial charge in [-0.1, -0.05) is 11.6 Å². The molecule has 6 heteroatoms. The zero-order chi connectivity index (χ0) is 14.0. The van der Waals surface area contributed by atoms with Crippen molar-refractivity contribution in [1.82, 2.24) is 9.55 Å². The Morgan fingerprint density at radius 3 is 2.74 bits per heavy atom. The maximum Gasteiger partial charge on any atom is 0.204 e. The number of nitrogens with one attached hydrogen (secondary N) is 1. The molecule has 1 aromatic carbocycles. The van der Waals surface area contributed by atoms with Crippen LogP contribution in [-0.4, -0.2) is 23.6 Å². The van der Waals surface area contributed by atoms with Crippen LogP contribution in [-0.2, 0) is 13.6 Å². The maximum atomic E-state index is 13.3. The number of hydrogen-bond acceptors (Lipinski definition) is 3. The molecule has 0 saturated carbocycles. The molecule has 0 unspecified atom stereocenters. The topological polar surface area (TPSA) is 33.1 Å². The molecule has 0 amide bonds. The number of halogens is 2. The summed E-state index contributed by atoms with van der Waals surface area (Å²) in [6.45, 7) is 0.568.